The number of carboxylic acids is 1. The first kappa shape index (κ1) is 12.9. The lowest BCUT2D eigenvalue weighted by Crippen LogP contribution is -1.97. The van der Waals surface area contributed by atoms with E-state index in [0.717, 1.165) is 5.69 Å². The summed E-state index contributed by atoms with van der Waals surface area (Å²) >= 11 is 0. The molecule has 5 heteroatoms. The minimum Gasteiger partial charge on any atom is -0.478 e. The predicted octanol–water partition coefficient (Wildman–Crippen LogP) is 2.82. The van der Waals surface area contributed by atoms with Crippen LogP contribution in [0.3, 0.4) is 0 Å². The Labute approximate surface area is 121 Å². The Morgan fingerprint density at radius 3 is 2.52 bits per heavy atom. The Balaban J connectivity index is 2.16. The second kappa shape index (κ2) is 5.13. The van der Waals surface area contributed by atoms with E-state index in [2.05, 4.69) is 5.10 Å². The van der Waals surface area contributed by atoms with Gasteiger partial charge in [0.15, 0.2) is 0 Å². The van der Waals surface area contributed by atoms with Gasteiger partial charge in [0.25, 0.3) is 0 Å². The van der Waals surface area contributed by atoms with Crippen molar-refractivity contribution in [1.29, 1.82) is 0 Å². The van der Waals surface area contributed by atoms with E-state index in [4.69, 9.17) is 5.73 Å². The molecule has 0 aliphatic rings. The highest BCUT2D eigenvalue weighted by atomic mass is 16.4. The maximum atomic E-state index is 11.4. The summed E-state index contributed by atoms with van der Waals surface area (Å²) in [4.78, 5) is 11.4. The van der Waals surface area contributed by atoms with Gasteiger partial charge in [-0.1, -0.05) is 30.3 Å². The number of nitrogen functional groups attached to an aromatic ring is 1. The van der Waals surface area contributed by atoms with Crippen LogP contribution < -0.4 is 5.73 Å². The van der Waals surface area contributed by atoms with Crippen molar-refractivity contribution in [3.05, 3.63) is 66.4 Å². The summed E-state index contributed by atoms with van der Waals surface area (Å²) in [5, 5.41) is 13.8. The van der Waals surface area contributed by atoms with Gasteiger partial charge >= 0.3 is 5.97 Å². The molecule has 0 radical (unpaired) electrons. The summed E-state index contributed by atoms with van der Waals surface area (Å²) in [5.74, 6) is -1.02. The van der Waals surface area contributed by atoms with Crippen LogP contribution >= 0.6 is 0 Å². The van der Waals surface area contributed by atoms with Gasteiger partial charge in [0.1, 0.15) is 11.3 Å². The third-order valence-corrected chi connectivity index (χ3v) is 3.13. The van der Waals surface area contributed by atoms with Crippen molar-refractivity contribution in [1.82, 2.24) is 9.78 Å². The SMILES string of the molecule is Nc1cccc(-c2nn(-c3ccccc3)cc2C(=O)O)c1. The number of carboxylic acid groups (broad SMARTS) is 1. The predicted molar refractivity (Wildman–Crippen MR) is 80.4 cm³/mol. The summed E-state index contributed by atoms with van der Waals surface area (Å²) in [6.45, 7) is 0. The zero-order chi connectivity index (χ0) is 14.8. The lowest BCUT2D eigenvalue weighted by molar-refractivity contribution is 0.0697. The number of aromatic carboxylic acids is 1. The number of rotatable bonds is 3. The smallest absolute Gasteiger partial charge is 0.339 e. The standard InChI is InChI=1S/C16H13N3O2/c17-12-6-4-5-11(9-12)15-14(16(20)21)10-19(18-15)13-7-2-1-3-8-13/h1-10H,17H2,(H,20,21). The van der Waals surface area contributed by atoms with Crippen LogP contribution in [-0.4, -0.2) is 20.9 Å². The van der Waals surface area contributed by atoms with Crippen molar-refractivity contribution < 1.29 is 9.90 Å². The molecular weight excluding hydrogens is 266 g/mol. The Kier molecular flexibility index (Phi) is 3.16. The molecule has 0 saturated carbocycles. The van der Waals surface area contributed by atoms with Crippen LogP contribution in [0.1, 0.15) is 10.4 Å². The highest BCUT2D eigenvalue weighted by Crippen LogP contribution is 2.25. The Morgan fingerprint density at radius 1 is 1.10 bits per heavy atom. The summed E-state index contributed by atoms with van der Waals surface area (Å²) in [5.41, 5.74) is 8.35. The highest BCUT2D eigenvalue weighted by molar-refractivity contribution is 5.95. The van der Waals surface area contributed by atoms with E-state index in [1.54, 1.807) is 28.9 Å². The molecular formula is C16H13N3O2. The number of nitrogens with zero attached hydrogens (tertiary/aromatic N) is 2. The molecule has 0 unspecified atom stereocenters. The molecule has 0 fully saturated rings. The average Bonchev–Trinajstić information content (AvgIpc) is 2.93. The second-order valence-electron chi connectivity index (χ2n) is 4.60. The summed E-state index contributed by atoms with van der Waals surface area (Å²) in [7, 11) is 0. The maximum Gasteiger partial charge on any atom is 0.339 e. The van der Waals surface area contributed by atoms with Gasteiger partial charge in [-0.3, -0.25) is 0 Å². The first-order valence-corrected chi connectivity index (χ1v) is 6.39. The van der Waals surface area contributed by atoms with Crippen LogP contribution in [0.15, 0.2) is 60.8 Å². The molecule has 2 aromatic carbocycles. The van der Waals surface area contributed by atoms with Crippen molar-refractivity contribution in [2.75, 3.05) is 5.73 Å². The van der Waals surface area contributed by atoms with Crippen molar-refractivity contribution in [2.45, 2.75) is 0 Å². The fraction of sp³-hybridized carbons (Fsp3) is 0. The molecule has 0 aliphatic carbocycles. The van der Waals surface area contributed by atoms with Crippen LogP contribution in [0.4, 0.5) is 5.69 Å². The van der Waals surface area contributed by atoms with E-state index in [-0.39, 0.29) is 5.56 Å². The Morgan fingerprint density at radius 2 is 1.86 bits per heavy atom. The molecule has 104 valence electrons. The maximum absolute atomic E-state index is 11.4. The van der Waals surface area contributed by atoms with E-state index < -0.39 is 5.97 Å². The Bertz CT molecular complexity index is 794. The molecule has 21 heavy (non-hydrogen) atoms. The van der Waals surface area contributed by atoms with Crippen LogP contribution in [0.25, 0.3) is 16.9 Å². The lowest BCUT2D eigenvalue weighted by Gasteiger charge is -2.01. The number of hydrogen-bond donors (Lipinski definition) is 2. The fourth-order valence-electron chi connectivity index (χ4n) is 2.14. The molecule has 1 heterocycles. The summed E-state index contributed by atoms with van der Waals surface area (Å²) < 4.78 is 1.56. The van der Waals surface area contributed by atoms with Crippen molar-refractivity contribution in [2.24, 2.45) is 0 Å². The minimum atomic E-state index is -1.02. The molecule has 0 atom stereocenters. The van der Waals surface area contributed by atoms with E-state index in [1.807, 2.05) is 30.3 Å². The molecule has 0 saturated heterocycles. The normalized spacial score (nSPS) is 10.5. The van der Waals surface area contributed by atoms with Gasteiger partial charge in [-0.2, -0.15) is 5.10 Å². The average molecular weight is 279 g/mol. The van der Waals surface area contributed by atoms with Gasteiger partial charge in [0, 0.05) is 17.4 Å². The molecule has 1 aromatic heterocycles. The largest absolute Gasteiger partial charge is 0.478 e. The summed E-state index contributed by atoms with van der Waals surface area (Å²) in [6.07, 6.45) is 1.51. The second-order valence-corrected chi connectivity index (χ2v) is 4.60. The lowest BCUT2D eigenvalue weighted by atomic mass is 10.1. The zero-order valence-electron chi connectivity index (χ0n) is 11.1. The van der Waals surface area contributed by atoms with Gasteiger partial charge in [-0.05, 0) is 24.3 Å². The van der Waals surface area contributed by atoms with Crippen molar-refractivity contribution >= 4 is 11.7 Å². The van der Waals surface area contributed by atoms with Gasteiger partial charge in [0.05, 0.1) is 5.69 Å². The van der Waals surface area contributed by atoms with Crippen LogP contribution in [0.2, 0.25) is 0 Å². The number of para-hydroxylation sites is 1. The molecule has 0 aliphatic heterocycles. The molecule has 5 nitrogen and oxygen atoms in total. The number of benzene rings is 2. The number of carbonyl (C=O) groups is 1. The molecule has 3 aromatic rings. The monoisotopic (exact) mass is 279 g/mol. The number of anilines is 1. The summed E-state index contributed by atoms with van der Waals surface area (Å²) in [6, 6.07) is 16.4. The number of hydrogen-bond acceptors (Lipinski definition) is 3. The van der Waals surface area contributed by atoms with Gasteiger partial charge < -0.3 is 10.8 Å². The fourth-order valence-corrected chi connectivity index (χ4v) is 2.14. The zero-order valence-corrected chi connectivity index (χ0v) is 11.1. The minimum absolute atomic E-state index is 0.143. The molecule has 3 N–H and O–H groups in total. The Hall–Kier alpha value is -3.08. The van der Waals surface area contributed by atoms with Crippen LogP contribution in [0.5, 0.6) is 0 Å². The number of aromatic nitrogens is 2. The van der Waals surface area contributed by atoms with Crippen LogP contribution in [0, 0.1) is 0 Å². The topological polar surface area (TPSA) is 81.1 Å². The van der Waals surface area contributed by atoms with Crippen molar-refractivity contribution in [3.8, 4) is 16.9 Å². The van der Waals surface area contributed by atoms with E-state index in [9.17, 15) is 9.90 Å². The van der Waals surface area contributed by atoms with Gasteiger partial charge in [-0.15, -0.1) is 0 Å². The van der Waals surface area contributed by atoms with Gasteiger partial charge in [-0.25, -0.2) is 9.48 Å². The molecule has 0 amide bonds. The molecule has 0 spiro atoms. The molecule has 0 bridgehead atoms. The van der Waals surface area contributed by atoms with E-state index in [0.29, 0.717) is 16.9 Å². The van der Waals surface area contributed by atoms with Crippen LogP contribution in [-0.2, 0) is 0 Å². The van der Waals surface area contributed by atoms with E-state index in [1.165, 1.54) is 6.20 Å². The number of nitrogens with two attached hydrogens (primary N) is 1. The first-order chi connectivity index (χ1) is 10.1. The molecule has 3 rings (SSSR count). The highest BCUT2D eigenvalue weighted by Gasteiger charge is 2.17. The van der Waals surface area contributed by atoms with Gasteiger partial charge in [0.2, 0.25) is 0 Å². The van der Waals surface area contributed by atoms with Crippen molar-refractivity contribution in [3.63, 3.8) is 0 Å². The third-order valence-electron chi connectivity index (χ3n) is 3.13. The van der Waals surface area contributed by atoms with E-state index >= 15 is 0 Å². The quantitative estimate of drug-likeness (QED) is 0.722. The first-order valence-electron chi connectivity index (χ1n) is 6.39. The third kappa shape index (κ3) is 2.49.